The number of aryl methyl sites for hydroxylation is 1. The van der Waals surface area contributed by atoms with Crippen LogP contribution in [0.1, 0.15) is 17.8 Å². The van der Waals surface area contributed by atoms with Gasteiger partial charge in [-0.1, -0.05) is 0 Å². The summed E-state index contributed by atoms with van der Waals surface area (Å²) < 4.78 is 24.1. The van der Waals surface area contributed by atoms with E-state index >= 15 is 0 Å². The molecule has 0 saturated carbocycles. The van der Waals surface area contributed by atoms with Crippen molar-refractivity contribution < 1.29 is 8.78 Å². The van der Waals surface area contributed by atoms with Crippen molar-refractivity contribution >= 4 is 5.69 Å². The molecule has 0 spiro atoms. The van der Waals surface area contributed by atoms with Gasteiger partial charge in [0.05, 0.1) is 5.69 Å². The Morgan fingerprint density at radius 3 is 2.55 bits per heavy atom. The van der Waals surface area contributed by atoms with Crippen LogP contribution < -0.4 is 5.73 Å². The van der Waals surface area contributed by atoms with E-state index in [1.54, 1.807) is 13.0 Å². The topological polar surface area (TPSA) is 38.9 Å². The van der Waals surface area contributed by atoms with E-state index in [1.165, 1.54) is 6.07 Å². The smallest absolute Gasteiger partial charge is 0.282 e. The Morgan fingerprint density at radius 2 is 2.09 bits per heavy atom. The van der Waals surface area contributed by atoms with Gasteiger partial charge in [0.15, 0.2) is 0 Å². The summed E-state index contributed by atoms with van der Waals surface area (Å²) in [5.41, 5.74) is 5.52. The maximum absolute atomic E-state index is 12.1. The normalized spacial score (nSPS) is 10.5. The molecule has 0 fully saturated rings. The second-order valence-electron chi connectivity index (χ2n) is 2.23. The van der Waals surface area contributed by atoms with E-state index < -0.39 is 6.43 Å². The molecule has 0 aliphatic carbocycles. The first-order valence-corrected chi connectivity index (χ1v) is 3.12. The van der Waals surface area contributed by atoms with Crippen molar-refractivity contribution in [1.82, 2.24) is 4.98 Å². The summed E-state index contributed by atoms with van der Waals surface area (Å²) in [6.07, 6.45) is -2.59. The van der Waals surface area contributed by atoms with Gasteiger partial charge < -0.3 is 5.73 Å². The van der Waals surface area contributed by atoms with E-state index in [0.29, 0.717) is 5.69 Å². The van der Waals surface area contributed by atoms with Crippen LogP contribution in [0, 0.1) is 6.92 Å². The first-order chi connectivity index (χ1) is 5.11. The highest BCUT2D eigenvalue weighted by atomic mass is 19.3. The molecule has 0 unspecified atom stereocenters. The third-order valence-corrected chi connectivity index (χ3v) is 1.30. The number of nitrogen functional groups attached to an aromatic ring is 1. The molecular formula is C7H8F2N2. The lowest BCUT2D eigenvalue weighted by molar-refractivity contribution is 0.147. The average molecular weight is 158 g/mol. The molecule has 2 N–H and O–H groups in total. The van der Waals surface area contributed by atoms with Gasteiger partial charge in [0.2, 0.25) is 0 Å². The maximum Gasteiger partial charge on any atom is 0.282 e. The predicted octanol–water partition coefficient (Wildman–Crippen LogP) is 1.91. The van der Waals surface area contributed by atoms with Gasteiger partial charge in [0.1, 0.15) is 5.69 Å². The summed E-state index contributed by atoms with van der Waals surface area (Å²) in [5, 5.41) is 0. The van der Waals surface area contributed by atoms with Gasteiger partial charge in [-0.15, -0.1) is 0 Å². The van der Waals surface area contributed by atoms with Crippen LogP contribution in [-0.4, -0.2) is 4.98 Å². The monoisotopic (exact) mass is 158 g/mol. The minimum Gasteiger partial charge on any atom is -0.397 e. The molecule has 0 aliphatic rings. The lowest BCUT2D eigenvalue weighted by atomic mass is 10.3. The third kappa shape index (κ3) is 1.63. The molecule has 0 saturated heterocycles. The Labute approximate surface area is 63.1 Å². The first-order valence-electron chi connectivity index (χ1n) is 3.12. The summed E-state index contributed by atoms with van der Waals surface area (Å²) in [5.74, 6) is 0. The summed E-state index contributed by atoms with van der Waals surface area (Å²) in [6, 6.07) is 3.03. The fraction of sp³-hybridized carbons (Fsp3) is 0.286. The molecule has 2 nitrogen and oxygen atoms in total. The van der Waals surface area contributed by atoms with E-state index in [9.17, 15) is 8.78 Å². The molecule has 0 aromatic carbocycles. The summed E-state index contributed by atoms with van der Waals surface area (Å²) >= 11 is 0. The van der Waals surface area contributed by atoms with Gasteiger partial charge in [0, 0.05) is 5.69 Å². The van der Waals surface area contributed by atoms with Crippen LogP contribution in [0.3, 0.4) is 0 Å². The number of hydrogen-bond acceptors (Lipinski definition) is 2. The van der Waals surface area contributed by atoms with E-state index in [4.69, 9.17) is 5.73 Å². The molecule has 0 atom stereocenters. The molecule has 0 amide bonds. The van der Waals surface area contributed by atoms with Crippen molar-refractivity contribution in [2.75, 3.05) is 5.73 Å². The number of alkyl halides is 2. The Morgan fingerprint density at radius 1 is 1.45 bits per heavy atom. The number of halogens is 2. The van der Waals surface area contributed by atoms with Crippen LogP contribution in [-0.2, 0) is 0 Å². The minimum absolute atomic E-state index is 0.0469. The lowest BCUT2D eigenvalue weighted by Gasteiger charge is -2.02. The molecule has 1 rings (SSSR count). The number of pyridine rings is 1. The first kappa shape index (κ1) is 7.91. The highest BCUT2D eigenvalue weighted by Gasteiger charge is 2.12. The molecule has 1 aromatic rings. The van der Waals surface area contributed by atoms with Crippen molar-refractivity contribution in [3.8, 4) is 0 Å². The quantitative estimate of drug-likeness (QED) is 0.678. The zero-order chi connectivity index (χ0) is 8.43. The third-order valence-electron chi connectivity index (χ3n) is 1.30. The number of anilines is 1. The predicted molar refractivity (Wildman–Crippen MR) is 38.3 cm³/mol. The number of aromatic nitrogens is 1. The van der Waals surface area contributed by atoms with Gasteiger partial charge in [-0.25, -0.2) is 13.8 Å². The van der Waals surface area contributed by atoms with Crippen LogP contribution in [0.4, 0.5) is 14.5 Å². The van der Waals surface area contributed by atoms with Gasteiger partial charge in [-0.2, -0.15) is 0 Å². The average Bonchev–Trinajstić information content (AvgIpc) is 1.94. The van der Waals surface area contributed by atoms with E-state index in [1.807, 2.05) is 0 Å². The second-order valence-corrected chi connectivity index (χ2v) is 2.23. The molecule has 1 heterocycles. The molecule has 11 heavy (non-hydrogen) atoms. The standard InChI is InChI=1S/C7H8F2N2/c1-4-2-3-5(10)6(11-4)7(8)9/h2-3,7H,10H2,1H3. The van der Waals surface area contributed by atoms with Gasteiger partial charge in [0.25, 0.3) is 6.43 Å². The molecule has 4 heteroatoms. The Balaban J connectivity index is 3.13. The second kappa shape index (κ2) is 2.82. The Bertz CT molecular complexity index is 261. The Kier molecular flexibility index (Phi) is 2.03. The van der Waals surface area contributed by atoms with Gasteiger partial charge >= 0.3 is 0 Å². The van der Waals surface area contributed by atoms with Crippen molar-refractivity contribution in [2.45, 2.75) is 13.3 Å². The molecule has 60 valence electrons. The van der Waals surface area contributed by atoms with Crippen molar-refractivity contribution in [3.05, 3.63) is 23.5 Å². The van der Waals surface area contributed by atoms with Gasteiger partial charge in [-0.05, 0) is 19.1 Å². The summed E-state index contributed by atoms with van der Waals surface area (Å²) in [6.45, 7) is 1.64. The molecular weight excluding hydrogens is 150 g/mol. The maximum atomic E-state index is 12.1. The van der Waals surface area contributed by atoms with Crippen LogP contribution in [0.15, 0.2) is 12.1 Å². The van der Waals surface area contributed by atoms with Crippen LogP contribution in [0.25, 0.3) is 0 Å². The van der Waals surface area contributed by atoms with E-state index in [2.05, 4.69) is 4.98 Å². The largest absolute Gasteiger partial charge is 0.397 e. The molecule has 0 bridgehead atoms. The fourth-order valence-electron chi connectivity index (χ4n) is 0.762. The molecule has 0 radical (unpaired) electrons. The minimum atomic E-state index is -2.59. The highest BCUT2D eigenvalue weighted by molar-refractivity contribution is 5.43. The molecule has 1 aromatic heterocycles. The number of nitrogens with zero attached hydrogens (tertiary/aromatic N) is 1. The zero-order valence-corrected chi connectivity index (χ0v) is 6.01. The van der Waals surface area contributed by atoms with Crippen molar-refractivity contribution in [3.63, 3.8) is 0 Å². The van der Waals surface area contributed by atoms with Crippen molar-refractivity contribution in [2.24, 2.45) is 0 Å². The SMILES string of the molecule is Cc1ccc(N)c(C(F)F)n1. The summed E-state index contributed by atoms with van der Waals surface area (Å²) in [7, 11) is 0. The van der Waals surface area contributed by atoms with E-state index in [0.717, 1.165) is 0 Å². The van der Waals surface area contributed by atoms with Crippen molar-refractivity contribution in [1.29, 1.82) is 0 Å². The number of rotatable bonds is 1. The van der Waals surface area contributed by atoms with Crippen LogP contribution >= 0.6 is 0 Å². The highest BCUT2D eigenvalue weighted by Crippen LogP contribution is 2.22. The summed E-state index contributed by atoms with van der Waals surface area (Å²) in [4.78, 5) is 3.60. The van der Waals surface area contributed by atoms with Crippen LogP contribution in [0.2, 0.25) is 0 Å². The molecule has 0 aliphatic heterocycles. The zero-order valence-electron chi connectivity index (χ0n) is 6.01. The number of hydrogen-bond donors (Lipinski definition) is 1. The fourth-order valence-corrected chi connectivity index (χ4v) is 0.762. The lowest BCUT2D eigenvalue weighted by Crippen LogP contribution is -1.99. The van der Waals surface area contributed by atoms with Crippen LogP contribution in [0.5, 0.6) is 0 Å². The van der Waals surface area contributed by atoms with Gasteiger partial charge in [-0.3, -0.25) is 0 Å². The number of nitrogens with two attached hydrogens (primary N) is 1. The van der Waals surface area contributed by atoms with E-state index in [-0.39, 0.29) is 11.4 Å². The Hall–Kier alpha value is -1.19.